The molecule has 0 amide bonds. The van der Waals surface area contributed by atoms with Gasteiger partial charge in [0.15, 0.2) is 0 Å². The predicted molar refractivity (Wildman–Crippen MR) is 51.8 cm³/mol. The molecule has 0 aliphatic heterocycles. The predicted octanol–water partition coefficient (Wildman–Crippen LogP) is 2.61. The molecule has 1 N–H and O–H groups in total. The Morgan fingerprint density at radius 2 is 2.13 bits per heavy atom. The zero-order valence-corrected chi connectivity index (χ0v) is 7.91. The largest absolute Gasteiger partial charge is 0.433 e. The van der Waals surface area contributed by atoms with Gasteiger partial charge in [0.05, 0.1) is 18.2 Å². The molecule has 0 aliphatic rings. The first-order valence-electron chi connectivity index (χ1n) is 4.38. The first-order valence-corrected chi connectivity index (χ1v) is 4.38. The number of nitrogens with zero attached hydrogens (tertiary/aromatic N) is 1. The average Bonchev–Trinajstić information content (AvgIpc) is 2.20. The van der Waals surface area contributed by atoms with Crippen LogP contribution in [0.15, 0.2) is 24.3 Å². The molecule has 0 fully saturated rings. The van der Waals surface area contributed by atoms with Gasteiger partial charge in [-0.2, -0.15) is 14.0 Å². The number of alkyl halides is 2. The smallest absolute Gasteiger partial charge is 0.387 e. The van der Waals surface area contributed by atoms with Crippen molar-refractivity contribution in [3.8, 4) is 11.8 Å². The molecule has 1 aromatic carbocycles. The maximum absolute atomic E-state index is 12.0. The molecule has 80 valence electrons. The van der Waals surface area contributed by atoms with Crippen molar-refractivity contribution >= 4 is 5.69 Å². The Labute approximate surface area is 86.3 Å². The maximum atomic E-state index is 12.0. The van der Waals surface area contributed by atoms with Crippen molar-refractivity contribution in [3.05, 3.63) is 24.3 Å². The fourth-order valence-corrected chi connectivity index (χ4v) is 1.06. The van der Waals surface area contributed by atoms with Gasteiger partial charge in [-0.25, -0.2) is 0 Å². The Morgan fingerprint density at radius 3 is 2.80 bits per heavy atom. The minimum atomic E-state index is -2.84. The molecule has 5 heteroatoms. The second-order valence-electron chi connectivity index (χ2n) is 2.71. The third kappa shape index (κ3) is 3.81. The van der Waals surface area contributed by atoms with Crippen LogP contribution in [-0.2, 0) is 0 Å². The van der Waals surface area contributed by atoms with E-state index in [1.54, 1.807) is 18.2 Å². The normalized spacial score (nSPS) is 9.73. The van der Waals surface area contributed by atoms with Gasteiger partial charge in [0.1, 0.15) is 5.75 Å². The summed E-state index contributed by atoms with van der Waals surface area (Å²) in [6.07, 6.45) is 0.309. The molecule has 0 atom stereocenters. The summed E-state index contributed by atoms with van der Waals surface area (Å²) < 4.78 is 28.3. The lowest BCUT2D eigenvalue weighted by molar-refractivity contribution is -0.0493. The summed E-state index contributed by atoms with van der Waals surface area (Å²) in [5, 5.41) is 11.2. The van der Waals surface area contributed by atoms with E-state index in [9.17, 15) is 8.78 Å². The molecule has 3 nitrogen and oxygen atoms in total. The van der Waals surface area contributed by atoms with Crippen molar-refractivity contribution in [1.29, 1.82) is 5.26 Å². The SMILES string of the molecule is N#CCCNc1ccccc1OC(F)F. The van der Waals surface area contributed by atoms with Crippen molar-refractivity contribution in [2.45, 2.75) is 13.0 Å². The average molecular weight is 212 g/mol. The number of hydrogen-bond acceptors (Lipinski definition) is 3. The van der Waals surface area contributed by atoms with Gasteiger partial charge in [0, 0.05) is 6.54 Å². The van der Waals surface area contributed by atoms with Crippen LogP contribution in [0.2, 0.25) is 0 Å². The van der Waals surface area contributed by atoms with Gasteiger partial charge in [0.25, 0.3) is 0 Å². The molecule has 1 rings (SSSR count). The summed E-state index contributed by atoms with van der Waals surface area (Å²) in [5.74, 6) is 0.0884. The quantitative estimate of drug-likeness (QED) is 0.763. The lowest BCUT2D eigenvalue weighted by Crippen LogP contribution is -2.07. The lowest BCUT2D eigenvalue weighted by Gasteiger charge is -2.11. The molecule has 0 saturated heterocycles. The van der Waals surface area contributed by atoms with Crippen molar-refractivity contribution in [2.75, 3.05) is 11.9 Å². The summed E-state index contributed by atoms with van der Waals surface area (Å²) >= 11 is 0. The second kappa shape index (κ2) is 5.81. The van der Waals surface area contributed by atoms with E-state index in [-0.39, 0.29) is 5.75 Å². The Kier molecular flexibility index (Phi) is 4.35. The highest BCUT2D eigenvalue weighted by atomic mass is 19.3. The number of nitrogens with one attached hydrogen (secondary N) is 1. The topological polar surface area (TPSA) is 45.0 Å². The zero-order valence-electron chi connectivity index (χ0n) is 7.91. The number of benzene rings is 1. The van der Waals surface area contributed by atoms with Crippen molar-refractivity contribution in [2.24, 2.45) is 0 Å². The van der Waals surface area contributed by atoms with Crippen LogP contribution in [0.1, 0.15) is 6.42 Å². The van der Waals surface area contributed by atoms with Crippen LogP contribution in [0.4, 0.5) is 14.5 Å². The molecule has 0 saturated carbocycles. The third-order valence-electron chi connectivity index (χ3n) is 1.66. The van der Waals surface area contributed by atoms with Gasteiger partial charge in [-0.3, -0.25) is 0 Å². The summed E-state index contributed by atoms with van der Waals surface area (Å²) in [5.41, 5.74) is 0.466. The van der Waals surface area contributed by atoms with Crippen LogP contribution in [0.3, 0.4) is 0 Å². The van der Waals surface area contributed by atoms with E-state index in [2.05, 4.69) is 10.1 Å². The van der Waals surface area contributed by atoms with Crippen LogP contribution in [0, 0.1) is 11.3 Å². The molecule has 0 aromatic heterocycles. The van der Waals surface area contributed by atoms with Gasteiger partial charge in [-0.1, -0.05) is 12.1 Å². The highest BCUT2D eigenvalue weighted by Crippen LogP contribution is 2.25. The molecular formula is C10H10F2N2O. The fourth-order valence-electron chi connectivity index (χ4n) is 1.06. The first kappa shape index (κ1) is 11.2. The third-order valence-corrected chi connectivity index (χ3v) is 1.66. The first-order chi connectivity index (χ1) is 7.24. The van der Waals surface area contributed by atoms with Crippen LogP contribution in [0.25, 0.3) is 0 Å². The molecule has 0 unspecified atom stereocenters. The molecule has 0 radical (unpaired) electrons. The number of hydrogen-bond donors (Lipinski definition) is 1. The molecule has 1 aromatic rings. The van der Waals surface area contributed by atoms with Gasteiger partial charge < -0.3 is 10.1 Å². The van der Waals surface area contributed by atoms with E-state index in [0.717, 1.165) is 0 Å². The summed E-state index contributed by atoms with van der Waals surface area (Å²) in [7, 11) is 0. The van der Waals surface area contributed by atoms with E-state index < -0.39 is 6.61 Å². The van der Waals surface area contributed by atoms with E-state index in [1.807, 2.05) is 6.07 Å². The van der Waals surface area contributed by atoms with Gasteiger partial charge >= 0.3 is 6.61 Å². The van der Waals surface area contributed by atoms with Gasteiger partial charge in [0.2, 0.25) is 0 Å². The molecular weight excluding hydrogens is 202 g/mol. The Morgan fingerprint density at radius 1 is 1.40 bits per heavy atom. The van der Waals surface area contributed by atoms with Crippen molar-refractivity contribution in [3.63, 3.8) is 0 Å². The highest BCUT2D eigenvalue weighted by molar-refractivity contribution is 5.56. The summed E-state index contributed by atoms with van der Waals surface area (Å²) in [4.78, 5) is 0. The molecule has 0 bridgehead atoms. The van der Waals surface area contributed by atoms with Crippen LogP contribution >= 0.6 is 0 Å². The van der Waals surface area contributed by atoms with E-state index in [1.165, 1.54) is 6.07 Å². The van der Waals surface area contributed by atoms with Crippen LogP contribution in [-0.4, -0.2) is 13.2 Å². The number of halogens is 2. The molecule has 15 heavy (non-hydrogen) atoms. The number of ether oxygens (including phenoxy) is 1. The van der Waals surface area contributed by atoms with Crippen LogP contribution < -0.4 is 10.1 Å². The second-order valence-corrected chi connectivity index (χ2v) is 2.71. The molecule has 0 aliphatic carbocycles. The lowest BCUT2D eigenvalue weighted by atomic mass is 10.3. The van der Waals surface area contributed by atoms with Gasteiger partial charge in [-0.05, 0) is 12.1 Å². The Balaban J connectivity index is 2.65. The fraction of sp³-hybridized carbons (Fsp3) is 0.300. The number of anilines is 1. The van der Waals surface area contributed by atoms with E-state index >= 15 is 0 Å². The monoisotopic (exact) mass is 212 g/mol. The summed E-state index contributed by atoms with van der Waals surface area (Å²) in [6.45, 7) is -2.44. The Hall–Kier alpha value is -1.83. The minimum absolute atomic E-state index is 0.0884. The van der Waals surface area contributed by atoms with Crippen LogP contribution in [0.5, 0.6) is 5.75 Å². The van der Waals surface area contributed by atoms with E-state index in [0.29, 0.717) is 18.7 Å². The molecule has 0 spiro atoms. The highest BCUT2D eigenvalue weighted by Gasteiger charge is 2.07. The number of nitriles is 1. The maximum Gasteiger partial charge on any atom is 0.387 e. The van der Waals surface area contributed by atoms with Crippen molar-refractivity contribution < 1.29 is 13.5 Å². The van der Waals surface area contributed by atoms with Gasteiger partial charge in [-0.15, -0.1) is 0 Å². The van der Waals surface area contributed by atoms with E-state index in [4.69, 9.17) is 5.26 Å². The molecule has 0 heterocycles. The zero-order chi connectivity index (χ0) is 11.1. The van der Waals surface area contributed by atoms with Crippen molar-refractivity contribution in [1.82, 2.24) is 0 Å². The summed E-state index contributed by atoms with van der Waals surface area (Å²) in [6, 6.07) is 8.32. The number of para-hydroxylation sites is 2. The number of rotatable bonds is 5. The standard InChI is InChI=1S/C10H10F2N2O/c11-10(12)15-9-5-2-1-4-8(9)14-7-3-6-13/h1-2,4-5,10,14H,3,7H2. The minimum Gasteiger partial charge on any atom is -0.433 e. The Bertz CT molecular complexity index is 350.